The average molecular weight is 395 g/mol. The SMILES string of the molecule is NCCCc1nnc([C@@H]2CC3(CC3)[C@@H]3CN2C(=O)N3OS(=O)(=O)[O-])o1.[Na+]. The van der Waals surface area contributed by atoms with Crippen molar-refractivity contribution in [2.45, 2.75) is 44.2 Å². The number of carbonyl (C=O) groups excluding carboxylic acids is 1. The Balaban J connectivity index is 0.00000196. The number of hydrogen-bond donors (Lipinski definition) is 1. The summed E-state index contributed by atoms with van der Waals surface area (Å²) in [4.78, 5) is 14.0. The van der Waals surface area contributed by atoms with E-state index in [-0.39, 0.29) is 41.5 Å². The third kappa shape index (κ3) is 3.51. The summed E-state index contributed by atoms with van der Waals surface area (Å²) in [5.41, 5.74) is 5.19. The number of aryl methyl sites for hydroxylation is 1. The van der Waals surface area contributed by atoms with E-state index in [4.69, 9.17) is 10.2 Å². The largest absolute Gasteiger partial charge is 1.00 e. The summed E-state index contributed by atoms with van der Waals surface area (Å²) in [6, 6.07) is -1.58. The molecule has 11 nitrogen and oxygen atoms in total. The number of fused-ring (bicyclic) bond motifs is 3. The molecule has 1 spiro atoms. The van der Waals surface area contributed by atoms with Gasteiger partial charge in [-0.3, -0.25) is 0 Å². The van der Waals surface area contributed by atoms with Gasteiger partial charge in [0.15, 0.2) is 0 Å². The second kappa shape index (κ2) is 7.00. The molecule has 2 N–H and O–H groups in total. The zero-order chi connectivity index (χ0) is 17.8. The van der Waals surface area contributed by atoms with E-state index in [2.05, 4.69) is 14.5 Å². The number of nitrogens with two attached hydrogens (primary N) is 1. The minimum atomic E-state index is -5.02. The smallest absolute Gasteiger partial charge is 0.724 e. The zero-order valence-electron chi connectivity index (χ0n) is 14.3. The van der Waals surface area contributed by atoms with Crippen LogP contribution in [-0.4, -0.2) is 58.3 Å². The molecule has 1 saturated carbocycles. The van der Waals surface area contributed by atoms with Crippen LogP contribution in [0.5, 0.6) is 0 Å². The molecule has 0 aromatic carbocycles. The Bertz CT molecular complexity index is 797. The van der Waals surface area contributed by atoms with Crippen molar-refractivity contribution in [3.8, 4) is 0 Å². The number of rotatable bonds is 6. The third-order valence-corrected chi connectivity index (χ3v) is 5.54. The molecular formula is C13H18N5NaO6S. The van der Waals surface area contributed by atoms with Gasteiger partial charge >= 0.3 is 35.6 Å². The van der Waals surface area contributed by atoms with Crippen LogP contribution in [0.2, 0.25) is 0 Å². The summed E-state index contributed by atoms with van der Waals surface area (Å²) in [5.74, 6) is 0.770. The third-order valence-electron chi connectivity index (χ3n) is 5.20. The van der Waals surface area contributed by atoms with Gasteiger partial charge in [0.1, 0.15) is 6.04 Å². The molecule has 138 valence electrons. The Morgan fingerprint density at radius 1 is 1.38 bits per heavy atom. The van der Waals surface area contributed by atoms with Crippen LogP contribution in [0.25, 0.3) is 0 Å². The number of hydrogen-bond acceptors (Lipinski definition) is 9. The number of amides is 2. The first-order valence-electron chi connectivity index (χ1n) is 8.10. The zero-order valence-corrected chi connectivity index (χ0v) is 17.1. The van der Waals surface area contributed by atoms with E-state index in [9.17, 15) is 17.8 Å². The van der Waals surface area contributed by atoms with Gasteiger partial charge < -0.3 is 19.6 Å². The summed E-state index contributed by atoms with van der Waals surface area (Å²) in [5, 5.41) is 8.74. The van der Waals surface area contributed by atoms with Gasteiger partial charge in [0.25, 0.3) is 0 Å². The summed E-state index contributed by atoms with van der Waals surface area (Å²) in [7, 11) is -5.02. The quantitative estimate of drug-likeness (QED) is 0.296. The van der Waals surface area contributed by atoms with Crippen molar-refractivity contribution in [1.82, 2.24) is 20.2 Å². The van der Waals surface area contributed by atoms with Crippen molar-refractivity contribution >= 4 is 16.4 Å². The van der Waals surface area contributed by atoms with E-state index < -0.39 is 28.5 Å². The van der Waals surface area contributed by atoms with E-state index >= 15 is 0 Å². The van der Waals surface area contributed by atoms with Crippen LogP contribution in [0, 0.1) is 5.41 Å². The molecule has 1 aliphatic carbocycles. The number of hydroxylamine groups is 2. The summed E-state index contributed by atoms with van der Waals surface area (Å²) in [6.45, 7) is 0.770. The molecule has 3 aliphatic rings. The monoisotopic (exact) mass is 395 g/mol. The minimum absolute atomic E-state index is 0. The Hall–Kier alpha value is -0.760. The van der Waals surface area contributed by atoms with E-state index in [1.54, 1.807) is 0 Å². The van der Waals surface area contributed by atoms with Crippen LogP contribution < -0.4 is 35.3 Å². The van der Waals surface area contributed by atoms with Crippen molar-refractivity contribution in [2.75, 3.05) is 13.1 Å². The van der Waals surface area contributed by atoms with Crippen LogP contribution in [0.4, 0.5) is 4.79 Å². The van der Waals surface area contributed by atoms with E-state index in [1.165, 1.54) is 4.90 Å². The maximum absolute atomic E-state index is 12.6. The molecule has 26 heavy (non-hydrogen) atoms. The summed E-state index contributed by atoms with van der Waals surface area (Å²) >= 11 is 0. The Labute approximate surface area is 172 Å². The molecule has 2 atom stereocenters. The van der Waals surface area contributed by atoms with Gasteiger partial charge in [0, 0.05) is 13.0 Å². The van der Waals surface area contributed by atoms with Crippen molar-refractivity contribution in [3.05, 3.63) is 11.8 Å². The normalized spacial score (nSPS) is 26.3. The molecule has 2 amide bonds. The molecule has 3 heterocycles. The van der Waals surface area contributed by atoms with Crippen molar-refractivity contribution in [3.63, 3.8) is 0 Å². The number of nitrogens with zero attached hydrogens (tertiary/aromatic N) is 4. The van der Waals surface area contributed by atoms with Gasteiger partial charge in [-0.1, -0.05) is 0 Å². The first-order chi connectivity index (χ1) is 11.8. The van der Waals surface area contributed by atoms with E-state index in [0.717, 1.165) is 12.8 Å². The number of aromatic nitrogens is 2. The molecule has 1 aromatic heterocycles. The Kier molecular flexibility index (Phi) is 5.38. The number of urea groups is 1. The predicted molar refractivity (Wildman–Crippen MR) is 79.2 cm³/mol. The molecule has 0 radical (unpaired) electrons. The predicted octanol–water partition coefficient (Wildman–Crippen LogP) is -3.31. The molecule has 2 aliphatic heterocycles. The first-order valence-corrected chi connectivity index (χ1v) is 9.44. The van der Waals surface area contributed by atoms with Gasteiger partial charge in [-0.15, -0.1) is 10.2 Å². The summed E-state index contributed by atoms with van der Waals surface area (Å²) in [6.07, 6.45) is 3.48. The van der Waals surface area contributed by atoms with Crippen molar-refractivity contribution in [2.24, 2.45) is 11.1 Å². The molecule has 3 fully saturated rings. The van der Waals surface area contributed by atoms with E-state index in [0.29, 0.717) is 42.7 Å². The molecular weight excluding hydrogens is 377 g/mol. The van der Waals surface area contributed by atoms with Gasteiger partial charge in [-0.25, -0.2) is 13.2 Å². The number of carbonyl (C=O) groups is 1. The Morgan fingerprint density at radius 3 is 2.73 bits per heavy atom. The summed E-state index contributed by atoms with van der Waals surface area (Å²) < 4.78 is 43.0. The molecule has 13 heteroatoms. The van der Waals surface area contributed by atoms with Gasteiger partial charge in [0.2, 0.25) is 22.2 Å². The van der Waals surface area contributed by atoms with Crippen LogP contribution in [-0.2, 0) is 21.1 Å². The first kappa shape index (κ1) is 20.0. The molecule has 4 rings (SSSR count). The van der Waals surface area contributed by atoms with Gasteiger partial charge in [0.05, 0.1) is 6.04 Å². The topological polar surface area (TPSA) is 155 Å². The fourth-order valence-corrected chi connectivity index (χ4v) is 4.15. The van der Waals surface area contributed by atoms with Crippen LogP contribution in [0.1, 0.15) is 43.5 Å². The molecule has 1 aromatic rings. The fourth-order valence-electron chi connectivity index (χ4n) is 3.79. The second-order valence-electron chi connectivity index (χ2n) is 6.77. The van der Waals surface area contributed by atoms with Crippen molar-refractivity contribution in [1.29, 1.82) is 0 Å². The average Bonchev–Trinajstić information content (AvgIpc) is 3.05. The van der Waals surface area contributed by atoms with E-state index in [1.807, 2.05) is 0 Å². The minimum Gasteiger partial charge on any atom is -0.724 e. The Morgan fingerprint density at radius 2 is 2.12 bits per heavy atom. The number of piperidine rings is 1. The molecule has 0 unspecified atom stereocenters. The van der Waals surface area contributed by atoms with Crippen LogP contribution in [0.15, 0.2) is 4.42 Å². The molecule has 2 bridgehead atoms. The second-order valence-corrected chi connectivity index (χ2v) is 7.73. The maximum Gasteiger partial charge on any atom is 1.00 e. The van der Waals surface area contributed by atoms with Crippen molar-refractivity contribution < 1.29 is 56.0 Å². The molecule has 2 saturated heterocycles. The standard InChI is InChI=1S/C13H19N5O6S.Na/c14-5-1-2-10-15-16-11(23-10)8-6-13(3-4-13)9-7-17(8)12(19)18(9)24-25(20,21)22;/h8-9H,1-7,14H2,(H,20,21,22);/q;+1/p-1/t8-,9-;/m0./s1. The van der Waals surface area contributed by atoms with Crippen LogP contribution in [0.3, 0.4) is 0 Å². The van der Waals surface area contributed by atoms with Gasteiger partial charge in [-0.2, -0.15) is 9.35 Å². The van der Waals surface area contributed by atoms with Crippen LogP contribution >= 0.6 is 0 Å². The maximum atomic E-state index is 12.6. The fraction of sp³-hybridized carbons (Fsp3) is 0.769. The van der Waals surface area contributed by atoms with Gasteiger partial charge in [-0.05, 0) is 37.6 Å².